The Bertz CT molecular complexity index is 899. The van der Waals surface area contributed by atoms with Gasteiger partial charge < -0.3 is 20.9 Å². The smallest absolute Gasteiger partial charge is 0.251 e. The van der Waals surface area contributed by atoms with Crippen molar-refractivity contribution in [2.75, 3.05) is 45.3 Å². The Balaban J connectivity index is 1.66. The zero-order chi connectivity index (χ0) is 21.1. The first-order valence-corrected chi connectivity index (χ1v) is 10.7. The zero-order valence-corrected chi connectivity index (χ0v) is 17.7. The fourth-order valence-electron chi connectivity index (χ4n) is 4.62. The second-order valence-electron chi connectivity index (χ2n) is 8.26. The molecule has 0 spiro atoms. The number of carbonyl (C=O) groups is 1. The number of nitrogens with two attached hydrogens (primary N) is 2. The summed E-state index contributed by atoms with van der Waals surface area (Å²) in [5.41, 5.74) is 18.3. The number of benzene rings is 2. The minimum atomic E-state index is -0.468. The number of ether oxygens (including phenoxy) is 2. The number of hydrogen-bond donors (Lipinski definition) is 2. The average Bonchev–Trinajstić information content (AvgIpc) is 2.76. The molecule has 2 saturated heterocycles. The van der Waals surface area contributed by atoms with Gasteiger partial charge in [0, 0.05) is 38.4 Å². The maximum Gasteiger partial charge on any atom is 0.251 e. The molecule has 0 saturated carbocycles. The van der Waals surface area contributed by atoms with Gasteiger partial charge in [-0.05, 0) is 54.0 Å². The van der Waals surface area contributed by atoms with Gasteiger partial charge in [0.25, 0.3) is 5.91 Å². The highest BCUT2D eigenvalue weighted by Gasteiger charge is 2.24. The van der Waals surface area contributed by atoms with Crippen molar-refractivity contribution in [3.8, 4) is 11.1 Å². The molecule has 0 unspecified atom stereocenters. The molecule has 1 amide bonds. The highest BCUT2D eigenvalue weighted by Crippen LogP contribution is 2.38. The highest BCUT2D eigenvalue weighted by molar-refractivity contribution is 6.03. The van der Waals surface area contributed by atoms with E-state index in [4.69, 9.17) is 20.9 Å². The lowest BCUT2D eigenvalue weighted by atomic mass is 9.83. The van der Waals surface area contributed by atoms with Crippen molar-refractivity contribution in [3.05, 3.63) is 52.6 Å². The Labute approximate surface area is 178 Å². The molecule has 2 heterocycles. The van der Waals surface area contributed by atoms with E-state index in [1.807, 2.05) is 6.92 Å². The predicted molar refractivity (Wildman–Crippen MR) is 118 cm³/mol. The van der Waals surface area contributed by atoms with Crippen molar-refractivity contribution in [2.24, 2.45) is 5.73 Å². The molecule has 6 heteroatoms. The number of amides is 1. The third-order valence-corrected chi connectivity index (χ3v) is 6.35. The van der Waals surface area contributed by atoms with Gasteiger partial charge in [-0.3, -0.25) is 9.69 Å². The molecule has 0 atom stereocenters. The molecule has 0 bridgehead atoms. The van der Waals surface area contributed by atoms with Crippen LogP contribution in [0.15, 0.2) is 30.3 Å². The minimum absolute atomic E-state index is 0.358. The third kappa shape index (κ3) is 4.36. The molecular weight excluding hydrogens is 378 g/mol. The summed E-state index contributed by atoms with van der Waals surface area (Å²) in [4.78, 5) is 14.6. The number of primary amides is 1. The van der Waals surface area contributed by atoms with Crippen LogP contribution in [-0.4, -0.2) is 50.3 Å². The molecule has 2 aliphatic heterocycles. The first-order valence-electron chi connectivity index (χ1n) is 10.7. The van der Waals surface area contributed by atoms with E-state index in [-0.39, 0.29) is 0 Å². The van der Waals surface area contributed by atoms with E-state index in [9.17, 15) is 4.79 Å². The molecule has 6 nitrogen and oxygen atoms in total. The van der Waals surface area contributed by atoms with Gasteiger partial charge in [-0.25, -0.2) is 0 Å². The van der Waals surface area contributed by atoms with Crippen LogP contribution >= 0.6 is 0 Å². The molecule has 30 heavy (non-hydrogen) atoms. The van der Waals surface area contributed by atoms with E-state index >= 15 is 0 Å². The van der Waals surface area contributed by atoms with Crippen molar-refractivity contribution < 1.29 is 14.3 Å². The normalized spacial score (nSPS) is 18.4. The van der Waals surface area contributed by atoms with E-state index in [0.29, 0.717) is 17.2 Å². The van der Waals surface area contributed by atoms with E-state index in [2.05, 4.69) is 35.2 Å². The van der Waals surface area contributed by atoms with Gasteiger partial charge in [0.15, 0.2) is 0 Å². The molecule has 4 rings (SSSR count). The maximum absolute atomic E-state index is 12.2. The Morgan fingerprint density at radius 3 is 2.33 bits per heavy atom. The molecule has 4 N–H and O–H groups in total. The number of rotatable bonds is 5. The van der Waals surface area contributed by atoms with Crippen LogP contribution in [0.4, 0.5) is 5.69 Å². The summed E-state index contributed by atoms with van der Waals surface area (Å²) in [7, 11) is 0. The second-order valence-corrected chi connectivity index (χ2v) is 8.26. The highest BCUT2D eigenvalue weighted by atomic mass is 16.5. The molecule has 2 aromatic carbocycles. The van der Waals surface area contributed by atoms with Crippen molar-refractivity contribution >= 4 is 11.6 Å². The van der Waals surface area contributed by atoms with E-state index in [1.165, 1.54) is 5.56 Å². The fourth-order valence-corrected chi connectivity index (χ4v) is 4.62. The van der Waals surface area contributed by atoms with Gasteiger partial charge in [-0.1, -0.05) is 24.3 Å². The quantitative estimate of drug-likeness (QED) is 0.741. The fraction of sp³-hybridized carbons (Fsp3) is 0.458. The van der Waals surface area contributed by atoms with E-state index in [0.717, 1.165) is 81.2 Å². The van der Waals surface area contributed by atoms with Crippen LogP contribution in [0.5, 0.6) is 0 Å². The molecule has 2 aliphatic rings. The lowest BCUT2D eigenvalue weighted by molar-refractivity contribution is 0.0342. The summed E-state index contributed by atoms with van der Waals surface area (Å²) >= 11 is 0. The van der Waals surface area contributed by atoms with Crippen LogP contribution in [0, 0.1) is 6.92 Å². The Kier molecular flexibility index (Phi) is 6.37. The number of nitrogens with zero attached hydrogens (tertiary/aromatic N) is 1. The van der Waals surface area contributed by atoms with Crippen LogP contribution in [0.1, 0.15) is 45.8 Å². The molecular formula is C24H31N3O3. The van der Waals surface area contributed by atoms with Gasteiger partial charge in [-0.2, -0.15) is 0 Å². The van der Waals surface area contributed by atoms with Crippen LogP contribution in [0.2, 0.25) is 0 Å². The van der Waals surface area contributed by atoms with Gasteiger partial charge >= 0.3 is 0 Å². The Hall–Kier alpha value is -2.41. The average molecular weight is 410 g/mol. The number of carbonyl (C=O) groups excluding carboxylic acids is 1. The summed E-state index contributed by atoms with van der Waals surface area (Å²) in [5, 5.41) is 0. The van der Waals surface area contributed by atoms with Crippen molar-refractivity contribution in [1.82, 2.24) is 4.90 Å². The van der Waals surface area contributed by atoms with Gasteiger partial charge in [-0.15, -0.1) is 0 Å². The first kappa shape index (κ1) is 20.8. The minimum Gasteiger partial charge on any atom is -0.398 e. The van der Waals surface area contributed by atoms with Crippen LogP contribution in [0.3, 0.4) is 0 Å². The lowest BCUT2D eigenvalue weighted by Crippen LogP contribution is -2.35. The maximum atomic E-state index is 12.2. The Morgan fingerprint density at radius 1 is 1.07 bits per heavy atom. The third-order valence-electron chi connectivity index (χ3n) is 6.35. The SMILES string of the molecule is Cc1c(C2CCOCC2)cc(-c2ccc(CN3CCOCC3)cc2)c(N)c1C(N)=O. The van der Waals surface area contributed by atoms with Gasteiger partial charge in [0.1, 0.15) is 0 Å². The largest absolute Gasteiger partial charge is 0.398 e. The molecule has 160 valence electrons. The summed E-state index contributed by atoms with van der Waals surface area (Å²) in [6.07, 6.45) is 1.89. The summed E-state index contributed by atoms with van der Waals surface area (Å²) < 4.78 is 11.0. The zero-order valence-electron chi connectivity index (χ0n) is 17.7. The van der Waals surface area contributed by atoms with Crippen LogP contribution < -0.4 is 11.5 Å². The number of nitrogen functional groups attached to an aromatic ring is 1. The van der Waals surface area contributed by atoms with Crippen LogP contribution in [-0.2, 0) is 16.0 Å². The molecule has 0 radical (unpaired) electrons. The molecule has 0 aromatic heterocycles. The lowest BCUT2D eigenvalue weighted by Gasteiger charge is -2.27. The van der Waals surface area contributed by atoms with Crippen LogP contribution in [0.25, 0.3) is 11.1 Å². The number of morpholine rings is 1. The number of hydrogen-bond acceptors (Lipinski definition) is 5. The first-order chi connectivity index (χ1) is 14.5. The van der Waals surface area contributed by atoms with Gasteiger partial charge in [0.05, 0.1) is 24.5 Å². The van der Waals surface area contributed by atoms with E-state index < -0.39 is 5.91 Å². The topological polar surface area (TPSA) is 90.8 Å². The number of anilines is 1. The molecule has 0 aliphatic carbocycles. The summed E-state index contributed by atoms with van der Waals surface area (Å²) in [5.74, 6) is -0.110. The summed E-state index contributed by atoms with van der Waals surface area (Å²) in [6.45, 7) is 7.86. The molecule has 2 aromatic rings. The van der Waals surface area contributed by atoms with Crippen molar-refractivity contribution in [1.29, 1.82) is 0 Å². The predicted octanol–water partition coefficient (Wildman–Crippen LogP) is 3.07. The summed E-state index contributed by atoms with van der Waals surface area (Å²) in [6, 6.07) is 10.6. The van der Waals surface area contributed by atoms with Crippen molar-refractivity contribution in [2.45, 2.75) is 32.2 Å². The Morgan fingerprint density at radius 2 is 1.70 bits per heavy atom. The molecule has 2 fully saturated rings. The van der Waals surface area contributed by atoms with Gasteiger partial charge in [0.2, 0.25) is 0 Å². The standard InChI is InChI=1S/C24H31N3O3/c1-16-20(19-6-10-29-11-7-19)14-21(23(25)22(16)24(26)28)18-4-2-17(3-5-18)15-27-8-12-30-13-9-27/h2-5,14,19H,6-13,15,25H2,1H3,(H2,26,28). The van der Waals surface area contributed by atoms with Crippen molar-refractivity contribution in [3.63, 3.8) is 0 Å². The van der Waals surface area contributed by atoms with E-state index in [1.54, 1.807) is 0 Å². The second kappa shape index (κ2) is 9.16. The monoisotopic (exact) mass is 409 g/mol.